The van der Waals surface area contributed by atoms with Gasteiger partial charge < -0.3 is 10.1 Å². The van der Waals surface area contributed by atoms with E-state index in [0.29, 0.717) is 23.5 Å². The molecule has 0 aliphatic carbocycles. The fourth-order valence-corrected chi connectivity index (χ4v) is 3.36. The fourth-order valence-electron chi connectivity index (χ4n) is 2.45. The molecule has 128 valence electrons. The van der Waals surface area contributed by atoms with Crippen molar-refractivity contribution < 1.29 is 14.3 Å². The molecule has 0 saturated carbocycles. The number of fused-ring (bicyclic) bond motifs is 1. The standard InChI is InChI=1S/C19H18N2O3S/c1-24-14-10-11-15-17(12-14)25-19(20-15)21-18(23)9-5-8-16(22)13-6-3-2-4-7-13/h2-4,6-7,10-12H,5,8-9H2,1H3,(H,20,21,23). The van der Waals surface area contributed by atoms with Gasteiger partial charge in [0.1, 0.15) is 5.75 Å². The summed E-state index contributed by atoms with van der Waals surface area (Å²) < 4.78 is 6.14. The Balaban J connectivity index is 1.51. The summed E-state index contributed by atoms with van der Waals surface area (Å²) >= 11 is 1.40. The molecular weight excluding hydrogens is 336 g/mol. The van der Waals surface area contributed by atoms with Gasteiger partial charge in [0, 0.05) is 18.4 Å². The van der Waals surface area contributed by atoms with Crippen LogP contribution in [0.3, 0.4) is 0 Å². The molecular formula is C19H18N2O3S. The van der Waals surface area contributed by atoms with Gasteiger partial charge in [-0.05, 0) is 24.6 Å². The minimum absolute atomic E-state index is 0.0560. The maximum Gasteiger partial charge on any atom is 0.226 e. The molecule has 1 N–H and O–H groups in total. The van der Waals surface area contributed by atoms with Crippen molar-refractivity contribution in [2.75, 3.05) is 12.4 Å². The van der Waals surface area contributed by atoms with Gasteiger partial charge in [0.15, 0.2) is 10.9 Å². The number of ketones is 1. The van der Waals surface area contributed by atoms with Crippen molar-refractivity contribution in [3.05, 3.63) is 54.1 Å². The van der Waals surface area contributed by atoms with Crippen LogP contribution in [0.25, 0.3) is 10.2 Å². The summed E-state index contributed by atoms with van der Waals surface area (Å²) in [5.74, 6) is 0.681. The van der Waals surface area contributed by atoms with Crippen molar-refractivity contribution in [2.45, 2.75) is 19.3 Å². The number of hydrogen-bond acceptors (Lipinski definition) is 5. The summed E-state index contributed by atoms with van der Waals surface area (Å²) in [5.41, 5.74) is 1.50. The van der Waals surface area contributed by atoms with Crippen molar-refractivity contribution in [1.82, 2.24) is 4.98 Å². The largest absolute Gasteiger partial charge is 0.497 e. The molecule has 6 heteroatoms. The van der Waals surface area contributed by atoms with Gasteiger partial charge >= 0.3 is 0 Å². The van der Waals surface area contributed by atoms with Crippen molar-refractivity contribution in [2.24, 2.45) is 0 Å². The van der Waals surface area contributed by atoms with Crippen LogP contribution in [0.5, 0.6) is 5.75 Å². The number of carbonyl (C=O) groups is 2. The third-order valence-corrected chi connectivity index (χ3v) is 4.68. The van der Waals surface area contributed by atoms with Gasteiger partial charge in [-0.15, -0.1) is 0 Å². The van der Waals surface area contributed by atoms with E-state index in [4.69, 9.17) is 4.74 Å². The van der Waals surface area contributed by atoms with Gasteiger partial charge in [0.25, 0.3) is 0 Å². The molecule has 0 spiro atoms. The number of benzene rings is 2. The number of nitrogens with one attached hydrogen (secondary N) is 1. The zero-order valence-electron chi connectivity index (χ0n) is 13.8. The van der Waals surface area contributed by atoms with Crippen LogP contribution in [0.4, 0.5) is 5.13 Å². The Morgan fingerprint density at radius 1 is 1.12 bits per heavy atom. The Bertz CT molecular complexity index is 890. The van der Waals surface area contributed by atoms with Crippen LogP contribution in [-0.4, -0.2) is 23.8 Å². The highest BCUT2D eigenvalue weighted by molar-refractivity contribution is 7.22. The minimum Gasteiger partial charge on any atom is -0.497 e. The van der Waals surface area contributed by atoms with E-state index in [1.165, 1.54) is 11.3 Å². The normalized spacial score (nSPS) is 10.6. The second kappa shape index (κ2) is 7.90. The molecule has 0 radical (unpaired) electrons. The molecule has 5 nitrogen and oxygen atoms in total. The van der Waals surface area contributed by atoms with E-state index >= 15 is 0 Å². The molecule has 0 unspecified atom stereocenters. The van der Waals surface area contributed by atoms with Crippen molar-refractivity contribution in [1.29, 1.82) is 0 Å². The summed E-state index contributed by atoms with van der Waals surface area (Å²) in [5, 5.41) is 3.36. The Labute approximate surface area is 149 Å². The lowest BCUT2D eigenvalue weighted by Gasteiger charge is -2.02. The molecule has 3 aromatic rings. The summed E-state index contributed by atoms with van der Waals surface area (Å²) in [6.07, 6.45) is 1.16. The Kier molecular flexibility index (Phi) is 5.40. The SMILES string of the molecule is COc1ccc2nc(NC(=O)CCCC(=O)c3ccccc3)sc2c1. The molecule has 0 saturated heterocycles. The predicted molar refractivity (Wildman–Crippen MR) is 99.4 cm³/mol. The van der Waals surface area contributed by atoms with Gasteiger partial charge in [-0.1, -0.05) is 41.7 Å². The number of Topliss-reactive ketones (excluding diaryl/α,β-unsaturated/α-hetero) is 1. The number of amides is 1. The van der Waals surface area contributed by atoms with Crippen LogP contribution in [0, 0.1) is 0 Å². The van der Waals surface area contributed by atoms with Crippen molar-refractivity contribution >= 4 is 38.4 Å². The second-order valence-electron chi connectivity index (χ2n) is 5.54. The summed E-state index contributed by atoms with van der Waals surface area (Å²) in [6, 6.07) is 14.7. The average molecular weight is 354 g/mol. The Morgan fingerprint density at radius 3 is 2.68 bits per heavy atom. The van der Waals surface area contributed by atoms with E-state index in [2.05, 4.69) is 10.3 Å². The zero-order chi connectivity index (χ0) is 17.6. The number of anilines is 1. The van der Waals surface area contributed by atoms with Gasteiger partial charge in [0.05, 0.1) is 17.3 Å². The van der Waals surface area contributed by atoms with E-state index in [0.717, 1.165) is 16.0 Å². The van der Waals surface area contributed by atoms with E-state index < -0.39 is 0 Å². The van der Waals surface area contributed by atoms with Crippen LogP contribution >= 0.6 is 11.3 Å². The van der Waals surface area contributed by atoms with Gasteiger partial charge in [-0.25, -0.2) is 4.98 Å². The van der Waals surface area contributed by atoms with Crippen molar-refractivity contribution in [3.63, 3.8) is 0 Å². The number of methoxy groups -OCH3 is 1. The van der Waals surface area contributed by atoms with Crippen molar-refractivity contribution in [3.8, 4) is 5.75 Å². The highest BCUT2D eigenvalue weighted by atomic mass is 32.1. The second-order valence-corrected chi connectivity index (χ2v) is 6.57. The smallest absolute Gasteiger partial charge is 0.226 e. The van der Waals surface area contributed by atoms with Gasteiger partial charge in [-0.2, -0.15) is 0 Å². The predicted octanol–water partition coefficient (Wildman–Crippen LogP) is 4.30. The van der Waals surface area contributed by atoms with Crippen LogP contribution in [0.15, 0.2) is 48.5 Å². The molecule has 2 aromatic carbocycles. The number of thiazole rings is 1. The topological polar surface area (TPSA) is 68.3 Å². The molecule has 1 aromatic heterocycles. The van der Waals surface area contributed by atoms with E-state index in [1.54, 1.807) is 19.2 Å². The molecule has 1 heterocycles. The number of nitrogens with zero attached hydrogens (tertiary/aromatic N) is 1. The molecule has 3 rings (SSSR count). The average Bonchev–Trinajstić information content (AvgIpc) is 3.03. The first kappa shape index (κ1) is 17.1. The van der Waals surface area contributed by atoms with Gasteiger partial charge in [0.2, 0.25) is 5.91 Å². The molecule has 1 amide bonds. The van der Waals surface area contributed by atoms with Crippen LogP contribution in [0.1, 0.15) is 29.6 Å². The monoisotopic (exact) mass is 354 g/mol. The summed E-state index contributed by atoms with van der Waals surface area (Å²) in [4.78, 5) is 28.4. The lowest BCUT2D eigenvalue weighted by Crippen LogP contribution is -2.11. The number of aromatic nitrogens is 1. The molecule has 0 atom stereocenters. The Hall–Kier alpha value is -2.73. The molecule has 0 bridgehead atoms. The van der Waals surface area contributed by atoms with Gasteiger partial charge in [-0.3, -0.25) is 9.59 Å². The first-order chi connectivity index (χ1) is 12.2. The van der Waals surface area contributed by atoms with E-state index in [-0.39, 0.29) is 18.1 Å². The zero-order valence-corrected chi connectivity index (χ0v) is 14.6. The van der Waals surface area contributed by atoms with E-state index in [1.807, 2.05) is 36.4 Å². The van der Waals surface area contributed by atoms with E-state index in [9.17, 15) is 9.59 Å². The quantitative estimate of drug-likeness (QED) is 0.643. The first-order valence-corrected chi connectivity index (χ1v) is 8.80. The highest BCUT2D eigenvalue weighted by Crippen LogP contribution is 2.29. The third kappa shape index (κ3) is 4.42. The molecule has 25 heavy (non-hydrogen) atoms. The van der Waals surface area contributed by atoms with Crippen LogP contribution in [-0.2, 0) is 4.79 Å². The maximum absolute atomic E-state index is 12.0. The number of ether oxygens (including phenoxy) is 1. The first-order valence-electron chi connectivity index (χ1n) is 7.98. The highest BCUT2D eigenvalue weighted by Gasteiger charge is 2.10. The lowest BCUT2D eigenvalue weighted by molar-refractivity contribution is -0.116. The fraction of sp³-hybridized carbons (Fsp3) is 0.211. The molecule has 0 aliphatic rings. The third-order valence-electron chi connectivity index (χ3n) is 3.75. The Morgan fingerprint density at radius 2 is 1.92 bits per heavy atom. The number of carbonyl (C=O) groups excluding carboxylic acids is 2. The minimum atomic E-state index is -0.133. The summed E-state index contributed by atoms with van der Waals surface area (Å²) in [6.45, 7) is 0. The number of rotatable bonds is 7. The molecule has 0 fully saturated rings. The van der Waals surface area contributed by atoms with Crippen LogP contribution < -0.4 is 10.1 Å². The van der Waals surface area contributed by atoms with Crippen LogP contribution in [0.2, 0.25) is 0 Å². The summed E-state index contributed by atoms with van der Waals surface area (Å²) in [7, 11) is 1.61. The molecule has 0 aliphatic heterocycles. The number of hydrogen-bond donors (Lipinski definition) is 1. The lowest BCUT2D eigenvalue weighted by atomic mass is 10.1. The maximum atomic E-state index is 12.0.